The Morgan fingerprint density at radius 3 is 2.72 bits per heavy atom. The molecule has 0 radical (unpaired) electrons. The Morgan fingerprint density at radius 2 is 2.22 bits per heavy atom. The lowest BCUT2D eigenvalue weighted by Gasteiger charge is -2.19. The van der Waals surface area contributed by atoms with Gasteiger partial charge in [-0.1, -0.05) is 25.0 Å². The maximum Gasteiger partial charge on any atom is 0.164 e. The zero-order valence-electron chi connectivity index (χ0n) is 10.2. The highest BCUT2D eigenvalue weighted by molar-refractivity contribution is 7.80. The first-order valence-electron chi connectivity index (χ1n) is 6.14. The van der Waals surface area contributed by atoms with Crippen LogP contribution in [-0.4, -0.2) is 5.11 Å². The Hall–Kier alpha value is -1.20. The number of thiocarbonyl (C=S) groups is 1. The SMILES string of the molecule is NCc1ccc([C@H](CC2CC2)NC(N)=S)cc1F. The summed E-state index contributed by atoms with van der Waals surface area (Å²) in [6.07, 6.45) is 3.41. The lowest BCUT2D eigenvalue weighted by molar-refractivity contribution is 0.541. The predicted molar refractivity (Wildman–Crippen MR) is 74.3 cm³/mol. The van der Waals surface area contributed by atoms with Gasteiger partial charge in [0, 0.05) is 12.1 Å². The fourth-order valence-electron chi connectivity index (χ4n) is 2.08. The second-order valence-corrected chi connectivity index (χ2v) is 5.24. The van der Waals surface area contributed by atoms with Crippen molar-refractivity contribution >= 4 is 17.3 Å². The summed E-state index contributed by atoms with van der Waals surface area (Å²) in [7, 11) is 0. The maximum absolute atomic E-state index is 13.7. The minimum Gasteiger partial charge on any atom is -0.376 e. The van der Waals surface area contributed by atoms with Crippen LogP contribution in [0.3, 0.4) is 0 Å². The minimum absolute atomic E-state index is 0.00340. The first-order valence-corrected chi connectivity index (χ1v) is 6.55. The number of hydrogen-bond acceptors (Lipinski definition) is 2. The quantitative estimate of drug-likeness (QED) is 0.714. The van der Waals surface area contributed by atoms with Gasteiger partial charge in [-0.25, -0.2) is 4.39 Å². The molecule has 1 fully saturated rings. The molecule has 5 heteroatoms. The van der Waals surface area contributed by atoms with Crippen LogP contribution in [0.1, 0.15) is 36.4 Å². The third kappa shape index (κ3) is 3.40. The average Bonchev–Trinajstić information content (AvgIpc) is 3.11. The van der Waals surface area contributed by atoms with Gasteiger partial charge >= 0.3 is 0 Å². The number of benzene rings is 1. The fraction of sp³-hybridized carbons (Fsp3) is 0.462. The summed E-state index contributed by atoms with van der Waals surface area (Å²) in [5.74, 6) is 0.439. The number of nitrogens with two attached hydrogens (primary N) is 2. The van der Waals surface area contributed by atoms with Crippen molar-refractivity contribution in [2.45, 2.75) is 31.8 Å². The Bertz CT molecular complexity index is 446. The van der Waals surface area contributed by atoms with Crippen molar-refractivity contribution in [3.8, 4) is 0 Å². The molecular weight excluding hydrogens is 249 g/mol. The molecule has 0 bridgehead atoms. The molecule has 0 aliphatic heterocycles. The number of nitrogens with one attached hydrogen (secondary N) is 1. The van der Waals surface area contributed by atoms with E-state index in [2.05, 4.69) is 5.32 Å². The number of rotatable bonds is 5. The van der Waals surface area contributed by atoms with E-state index in [0.717, 1.165) is 12.0 Å². The van der Waals surface area contributed by atoms with Gasteiger partial charge in [0.15, 0.2) is 5.11 Å². The van der Waals surface area contributed by atoms with Crippen LogP contribution in [-0.2, 0) is 6.54 Å². The van der Waals surface area contributed by atoms with Crippen molar-refractivity contribution in [2.24, 2.45) is 17.4 Å². The van der Waals surface area contributed by atoms with Crippen LogP contribution in [0.15, 0.2) is 18.2 Å². The molecule has 1 aliphatic carbocycles. The average molecular weight is 267 g/mol. The second kappa shape index (κ2) is 5.63. The monoisotopic (exact) mass is 267 g/mol. The molecule has 1 aliphatic rings. The zero-order valence-corrected chi connectivity index (χ0v) is 11.0. The lowest BCUT2D eigenvalue weighted by atomic mass is 9.99. The summed E-state index contributed by atoms with van der Waals surface area (Å²) in [6, 6.07) is 5.15. The molecule has 0 heterocycles. The van der Waals surface area contributed by atoms with Crippen molar-refractivity contribution < 1.29 is 4.39 Å². The van der Waals surface area contributed by atoms with E-state index in [1.807, 2.05) is 6.07 Å². The first kappa shape index (κ1) is 13.2. The lowest BCUT2D eigenvalue weighted by Crippen LogP contribution is -2.33. The topological polar surface area (TPSA) is 64.1 Å². The van der Waals surface area contributed by atoms with Crippen LogP contribution in [0.2, 0.25) is 0 Å². The van der Waals surface area contributed by atoms with Crippen molar-refractivity contribution in [3.63, 3.8) is 0 Å². The highest BCUT2D eigenvalue weighted by Gasteiger charge is 2.26. The van der Waals surface area contributed by atoms with E-state index in [0.29, 0.717) is 11.5 Å². The number of hydrogen-bond donors (Lipinski definition) is 3. The zero-order chi connectivity index (χ0) is 13.1. The molecular formula is C13H18FN3S. The third-order valence-corrected chi connectivity index (χ3v) is 3.40. The van der Waals surface area contributed by atoms with E-state index in [1.165, 1.54) is 18.9 Å². The first-order chi connectivity index (χ1) is 8.60. The molecule has 0 saturated heterocycles. The minimum atomic E-state index is -0.263. The molecule has 1 atom stereocenters. The molecule has 0 spiro atoms. The van der Waals surface area contributed by atoms with Crippen LogP contribution in [0.4, 0.5) is 4.39 Å². The highest BCUT2D eigenvalue weighted by Crippen LogP contribution is 2.37. The van der Waals surface area contributed by atoms with E-state index >= 15 is 0 Å². The summed E-state index contributed by atoms with van der Waals surface area (Å²) >= 11 is 4.88. The smallest absolute Gasteiger partial charge is 0.164 e. The van der Waals surface area contributed by atoms with Gasteiger partial charge in [-0.15, -0.1) is 0 Å². The van der Waals surface area contributed by atoms with Crippen LogP contribution in [0.5, 0.6) is 0 Å². The molecule has 1 aromatic carbocycles. The van der Waals surface area contributed by atoms with Crippen molar-refractivity contribution in [1.29, 1.82) is 0 Å². The molecule has 3 nitrogen and oxygen atoms in total. The normalized spacial score (nSPS) is 16.3. The summed E-state index contributed by atoms with van der Waals surface area (Å²) < 4.78 is 13.7. The predicted octanol–water partition coefficient (Wildman–Crippen LogP) is 1.96. The van der Waals surface area contributed by atoms with Gasteiger partial charge in [-0.3, -0.25) is 0 Å². The molecule has 2 rings (SSSR count). The summed E-state index contributed by atoms with van der Waals surface area (Å²) in [5, 5.41) is 3.30. The van der Waals surface area contributed by atoms with E-state index < -0.39 is 0 Å². The van der Waals surface area contributed by atoms with E-state index in [-0.39, 0.29) is 23.5 Å². The van der Waals surface area contributed by atoms with Gasteiger partial charge in [0.1, 0.15) is 5.82 Å². The Labute approximate surface area is 112 Å². The largest absolute Gasteiger partial charge is 0.376 e. The molecule has 0 unspecified atom stereocenters. The van der Waals surface area contributed by atoms with Crippen LogP contribution < -0.4 is 16.8 Å². The Kier molecular flexibility index (Phi) is 4.14. The van der Waals surface area contributed by atoms with Crippen molar-refractivity contribution in [3.05, 3.63) is 35.1 Å². The summed E-state index contributed by atoms with van der Waals surface area (Å²) in [4.78, 5) is 0. The standard InChI is InChI=1S/C13H18FN3S/c14-11-6-9(3-4-10(11)7-15)12(17-13(16)18)5-8-1-2-8/h3-4,6,8,12H,1-2,5,7,15H2,(H3,16,17,18)/t12-/m0/s1. The molecule has 98 valence electrons. The Morgan fingerprint density at radius 1 is 1.50 bits per heavy atom. The molecule has 1 aromatic rings. The summed E-state index contributed by atoms with van der Waals surface area (Å²) in [6.45, 7) is 0.210. The van der Waals surface area contributed by atoms with Crippen LogP contribution >= 0.6 is 12.2 Å². The van der Waals surface area contributed by atoms with E-state index in [4.69, 9.17) is 23.7 Å². The van der Waals surface area contributed by atoms with Crippen LogP contribution in [0, 0.1) is 11.7 Å². The van der Waals surface area contributed by atoms with Gasteiger partial charge in [-0.2, -0.15) is 0 Å². The molecule has 0 aromatic heterocycles. The Balaban J connectivity index is 2.17. The van der Waals surface area contributed by atoms with Gasteiger partial charge < -0.3 is 16.8 Å². The summed E-state index contributed by atoms with van der Waals surface area (Å²) in [5.41, 5.74) is 12.4. The van der Waals surface area contributed by atoms with Gasteiger partial charge in [0.25, 0.3) is 0 Å². The van der Waals surface area contributed by atoms with Gasteiger partial charge in [0.05, 0.1) is 6.04 Å². The molecule has 0 amide bonds. The van der Waals surface area contributed by atoms with Gasteiger partial charge in [-0.05, 0) is 36.2 Å². The molecule has 1 saturated carbocycles. The second-order valence-electron chi connectivity index (χ2n) is 4.80. The van der Waals surface area contributed by atoms with E-state index in [1.54, 1.807) is 6.07 Å². The third-order valence-electron chi connectivity index (χ3n) is 3.28. The number of halogens is 1. The van der Waals surface area contributed by atoms with Crippen molar-refractivity contribution in [1.82, 2.24) is 5.32 Å². The maximum atomic E-state index is 13.7. The molecule has 5 N–H and O–H groups in total. The van der Waals surface area contributed by atoms with Crippen LogP contribution in [0.25, 0.3) is 0 Å². The fourth-order valence-corrected chi connectivity index (χ4v) is 2.23. The molecule has 18 heavy (non-hydrogen) atoms. The highest BCUT2D eigenvalue weighted by atomic mass is 32.1. The van der Waals surface area contributed by atoms with Crippen molar-refractivity contribution in [2.75, 3.05) is 0 Å². The van der Waals surface area contributed by atoms with E-state index in [9.17, 15) is 4.39 Å². The van der Waals surface area contributed by atoms with Gasteiger partial charge in [0.2, 0.25) is 0 Å².